The minimum Gasteiger partial charge on any atom is -0.0730 e. The highest BCUT2D eigenvalue weighted by molar-refractivity contribution is 5.53. The van der Waals surface area contributed by atoms with Gasteiger partial charge in [-0.05, 0) is 79.7 Å². The van der Waals surface area contributed by atoms with Crippen LogP contribution < -0.4 is 0 Å². The standard InChI is InChI=1S/C29H42/c1-3-5-7-11-15-27-22-24-29(25-23-27)17-13-9-8-12-16-28-20-18-26(19-21-28)14-10-6-4-2/h12-13,16-21,27,29H,3-7,10-11,14-15,22-25H2,1-2H3/b16-12+,17-13+/t27-,29-. The predicted octanol–water partition coefficient (Wildman–Crippen LogP) is 8.77. The third-order valence-electron chi connectivity index (χ3n) is 6.30. The van der Waals surface area contributed by atoms with E-state index in [1.807, 2.05) is 6.08 Å². The summed E-state index contributed by atoms with van der Waals surface area (Å²) < 4.78 is 0. The summed E-state index contributed by atoms with van der Waals surface area (Å²) in [5.74, 6) is 8.09. The number of unbranched alkanes of at least 4 members (excludes halogenated alkanes) is 5. The molecule has 0 bridgehead atoms. The van der Waals surface area contributed by atoms with Crippen molar-refractivity contribution in [2.45, 2.75) is 97.3 Å². The Hall–Kier alpha value is -1.74. The molecule has 0 aromatic heterocycles. The monoisotopic (exact) mass is 390 g/mol. The van der Waals surface area contributed by atoms with Gasteiger partial charge in [-0.2, -0.15) is 0 Å². The number of rotatable bonds is 11. The van der Waals surface area contributed by atoms with Gasteiger partial charge in [0.2, 0.25) is 0 Å². The third-order valence-corrected chi connectivity index (χ3v) is 6.30. The zero-order chi connectivity index (χ0) is 20.6. The van der Waals surface area contributed by atoms with Gasteiger partial charge in [0.15, 0.2) is 0 Å². The highest BCUT2D eigenvalue weighted by Crippen LogP contribution is 2.32. The van der Waals surface area contributed by atoms with Gasteiger partial charge in [-0.15, -0.1) is 0 Å². The topological polar surface area (TPSA) is 0 Å². The Morgan fingerprint density at radius 1 is 0.793 bits per heavy atom. The number of hydrogen-bond donors (Lipinski definition) is 0. The molecular weight excluding hydrogens is 348 g/mol. The van der Waals surface area contributed by atoms with Gasteiger partial charge in [0.25, 0.3) is 0 Å². The fraction of sp³-hybridized carbons (Fsp3) is 0.586. The van der Waals surface area contributed by atoms with Crippen LogP contribution >= 0.6 is 0 Å². The minimum absolute atomic E-state index is 0.750. The van der Waals surface area contributed by atoms with Gasteiger partial charge in [-0.1, -0.05) is 101 Å². The molecule has 158 valence electrons. The quantitative estimate of drug-likeness (QED) is 0.261. The Bertz CT molecular complexity index is 642. The average Bonchev–Trinajstić information content (AvgIpc) is 2.76. The van der Waals surface area contributed by atoms with E-state index in [1.54, 1.807) is 0 Å². The summed E-state index contributed by atoms with van der Waals surface area (Å²) in [6.45, 7) is 4.55. The van der Waals surface area contributed by atoms with Crippen molar-refractivity contribution in [3.8, 4) is 11.8 Å². The van der Waals surface area contributed by atoms with Crippen molar-refractivity contribution in [2.75, 3.05) is 0 Å². The number of allylic oxidation sites excluding steroid dienone is 3. The molecular formula is C29H42. The molecule has 0 unspecified atom stereocenters. The van der Waals surface area contributed by atoms with E-state index in [4.69, 9.17) is 0 Å². The molecule has 1 aromatic rings. The molecule has 1 saturated carbocycles. The third kappa shape index (κ3) is 10.6. The van der Waals surface area contributed by atoms with Crippen LogP contribution in [0.4, 0.5) is 0 Å². The van der Waals surface area contributed by atoms with Crippen LogP contribution in [0.5, 0.6) is 0 Å². The molecule has 0 spiro atoms. The maximum Gasteiger partial charge on any atom is -0.0109 e. The Morgan fingerprint density at radius 2 is 1.48 bits per heavy atom. The Balaban J connectivity index is 1.63. The fourth-order valence-corrected chi connectivity index (χ4v) is 4.32. The minimum atomic E-state index is 0.750. The van der Waals surface area contributed by atoms with E-state index in [0.29, 0.717) is 0 Å². The molecule has 1 aliphatic carbocycles. The van der Waals surface area contributed by atoms with Crippen molar-refractivity contribution in [3.05, 3.63) is 53.6 Å². The summed E-state index contributed by atoms with van der Waals surface area (Å²) >= 11 is 0. The molecule has 0 heteroatoms. The number of benzene rings is 1. The molecule has 0 radical (unpaired) electrons. The van der Waals surface area contributed by atoms with Crippen molar-refractivity contribution in [1.82, 2.24) is 0 Å². The molecule has 0 saturated heterocycles. The molecule has 1 aliphatic rings. The maximum absolute atomic E-state index is 3.19. The van der Waals surface area contributed by atoms with Crippen molar-refractivity contribution < 1.29 is 0 Å². The first-order chi connectivity index (χ1) is 14.3. The Labute approximate surface area is 180 Å². The molecule has 0 N–H and O–H groups in total. The van der Waals surface area contributed by atoms with Crippen molar-refractivity contribution in [1.29, 1.82) is 0 Å². The van der Waals surface area contributed by atoms with Gasteiger partial charge >= 0.3 is 0 Å². The second kappa shape index (κ2) is 15.1. The van der Waals surface area contributed by atoms with E-state index in [-0.39, 0.29) is 0 Å². The molecule has 0 nitrogen and oxygen atoms in total. The lowest BCUT2D eigenvalue weighted by atomic mass is 9.79. The SMILES string of the molecule is CCCCCC[C@H]1CC[C@H](/C=C/C#C/C=C/c2ccc(CCCCC)cc2)CC1. The molecule has 29 heavy (non-hydrogen) atoms. The molecule has 2 rings (SSSR count). The average molecular weight is 391 g/mol. The molecule has 0 heterocycles. The Kier molecular flexibility index (Phi) is 12.3. The predicted molar refractivity (Wildman–Crippen MR) is 130 cm³/mol. The van der Waals surface area contributed by atoms with Gasteiger partial charge in [0.05, 0.1) is 0 Å². The zero-order valence-electron chi connectivity index (χ0n) is 19.0. The summed E-state index contributed by atoms with van der Waals surface area (Å²) in [6, 6.07) is 8.91. The lowest BCUT2D eigenvalue weighted by Gasteiger charge is -2.26. The summed E-state index contributed by atoms with van der Waals surface area (Å²) in [5.41, 5.74) is 2.68. The largest absolute Gasteiger partial charge is 0.0730 e. The molecule has 0 amide bonds. The summed E-state index contributed by atoms with van der Waals surface area (Å²) in [5, 5.41) is 0. The van der Waals surface area contributed by atoms with Crippen LogP contribution in [-0.2, 0) is 6.42 Å². The van der Waals surface area contributed by atoms with Crippen LogP contribution in [0.15, 0.2) is 42.5 Å². The highest BCUT2D eigenvalue weighted by Gasteiger charge is 2.18. The van der Waals surface area contributed by atoms with Gasteiger partial charge in [0.1, 0.15) is 0 Å². The second-order valence-electron chi connectivity index (χ2n) is 8.81. The van der Waals surface area contributed by atoms with Crippen LogP contribution in [0.3, 0.4) is 0 Å². The lowest BCUT2D eigenvalue weighted by Crippen LogP contribution is -2.12. The van der Waals surface area contributed by atoms with E-state index in [0.717, 1.165) is 11.8 Å². The van der Waals surface area contributed by atoms with Crippen molar-refractivity contribution in [2.24, 2.45) is 11.8 Å². The van der Waals surface area contributed by atoms with E-state index in [2.05, 4.69) is 68.2 Å². The van der Waals surface area contributed by atoms with Gasteiger partial charge in [-0.25, -0.2) is 0 Å². The van der Waals surface area contributed by atoms with E-state index in [9.17, 15) is 0 Å². The second-order valence-corrected chi connectivity index (χ2v) is 8.81. The normalized spacial score (nSPS) is 19.5. The fourth-order valence-electron chi connectivity index (χ4n) is 4.32. The lowest BCUT2D eigenvalue weighted by molar-refractivity contribution is 0.289. The number of aryl methyl sites for hydroxylation is 1. The first kappa shape index (κ1) is 23.5. The van der Waals surface area contributed by atoms with Crippen LogP contribution in [-0.4, -0.2) is 0 Å². The number of hydrogen-bond acceptors (Lipinski definition) is 0. The van der Waals surface area contributed by atoms with Crippen molar-refractivity contribution in [3.63, 3.8) is 0 Å². The molecule has 0 atom stereocenters. The summed E-state index contributed by atoms with van der Waals surface area (Å²) in [7, 11) is 0. The maximum atomic E-state index is 3.19. The first-order valence-corrected chi connectivity index (χ1v) is 12.2. The van der Waals surface area contributed by atoms with Crippen LogP contribution in [0, 0.1) is 23.7 Å². The van der Waals surface area contributed by atoms with E-state index in [1.165, 1.54) is 94.6 Å². The van der Waals surface area contributed by atoms with Crippen LogP contribution in [0.2, 0.25) is 0 Å². The highest BCUT2D eigenvalue weighted by atomic mass is 14.2. The zero-order valence-corrected chi connectivity index (χ0v) is 19.0. The van der Waals surface area contributed by atoms with Gasteiger partial charge in [-0.3, -0.25) is 0 Å². The molecule has 1 aromatic carbocycles. The summed E-state index contributed by atoms with van der Waals surface area (Å²) in [4.78, 5) is 0. The van der Waals surface area contributed by atoms with E-state index >= 15 is 0 Å². The van der Waals surface area contributed by atoms with Gasteiger partial charge < -0.3 is 0 Å². The van der Waals surface area contributed by atoms with Crippen LogP contribution in [0.1, 0.15) is 102 Å². The van der Waals surface area contributed by atoms with E-state index < -0.39 is 0 Å². The molecule has 0 aliphatic heterocycles. The van der Waals surface area contributed by atoms with Gasteiger partial charge in [0, 0.05) is 0 Å². The molecule has 1 fully saturated rings. The first-order valence-electron chi connectivity index (χ1n) is 12.2. The summed E-state index contributed by atoms with van der Waals surface area (Å²) in [6.07, 6.45) is 26.3. The van der Waals surface area contributed by atoms with Crippen molar-refractivity contribution >= 4 is 6.08 Å². The smallest absolute Gasteiger partial charge is 0.0109 e. The van der Waals surface area contributed by atoms with Crippen LogP contribution in [0.25, 0.3) is 6.08 Å². The Morgan fingerprint density at radius 3 is 2.21 bits per heavy atom.